The SMILES string of the molecule is NC1CCCC(CC(=O)NCC2CCCO2)C1. The Morgan fingerprint density at radius 3 is 2.88 bits per heavy atom. The number of carbonyl (C=O) groups excluding carboxylic acids is 1. The van der Waals surface area contributed by atoms with Crippen LogP contribution in [0.2, 0.25) is 0 Å². The third-order valence-corrected chi connectivity index (χ3v) is 3.85. The van der Waals surface area contributed by atoms with Gasteiger partial charge in [0.15, 0.2) is 0 Å². The zero-order chi connectivity index (χ0) is 12.1. The summed E-state index contributed by atoms with van der Waals surface area (Å²) >= 11 is 0. The maximum Gasteiger partial charge on any atom is 0.220 e. The average molecular weight is 240 g/mol. The third-order valence-electron chi connectivity index (χ3n) is 3.85. The van der Waals surface area contributed by atoms with Crippen molar-refractivity contribution in [1.82, 2.24) is 5.32 Å². The highest BCUT2D eigenvalue weighted by atomic mass is 16.5. The molecule has 17 heavy (non-hydrogen) atoms. The molecule has 1 amide bonds. The average Bonchev–Trinajstić information content (AvgIpc) is 2.79. The first kappa shape index (κ1) is 12.8. The van der Waals surface area contributed by atoms with E-state index in [2.05, 4.69) is 5.32 Å². The van der Waals surface area contributed by atoms with Crippen molar-refractivity contribution >= 4 is 5.91 Å². The number of hydrogen-bond acceptors (Lipinski definition) is 3. The van der Waals surface area contributed by atoms with Crippen molar-refractivity contribution in [1.29, 1.82) is 0 Å². The molecular weight excluding hydrogens is 216 g/mol. The van der Waals surface area contributed by atoms with Gasteiger partial charge in [-0.25, -0.2) is 0 Å². The van der Waals surface area contributed by atoms with Gasteiger partial charge in [-0.15, -0.1) is 0 Å². The van der Waals surface area contributed by atoms with E-state index < -0.39 is 0 Å². The summed E-state index contributed by atoms with van der Waals surface area (Å²) in [5, 5.41) is 2.98. The summed E-state index contributed by atoms with van der Waals surface area (Å²) in [7, 11) is 0. The van der Waals surface area contributed by atoms with E-state index in [-0.39, 0.29) is 12.0 Å². The summed E-state index contributed by atoms with van der Waals surface area (Å²) in [5.74, 6) is 0.655. The molecule has 3 unspecified atom stereocenters. The minimum atomic E-state index is 0.166. The number of rotatable bonds is 4. The first-order valence-corrected chi connectivity index (χ1v) is 6.88. The Labute approximate surface area is 103 Å². The van der Waals surface area contributed by atoms with Crippen molar-refractivity contribution in [2.24, 2.45) is 11.7 Å². The van der Waals surface area contributed by atoms with Crippen LogP contribution in [0.1, 0.15) is 44.9 Å². The van der Waals surface area contributed by atoms with Crippen LogP contribution in [0.5, 0.6) is 0 Å². The lowest BCUT2D eigenvalue weighted by atomic mass is 9.84. The van der Waals surface area contributed by atoms with Crippen LogP contribution in [0.3, 0.4) is 0 Å². The van der Waals surface area contributed by atoms with Gasteiger partial charge in [0.2, 0.25) is 5.91 Å². The highest BCUT2D eigenvalue weighted by molar-refractivity contribution is 5.76. The van der Waals surface area contributed by atoms with Gasteiger partial charge in [-0.3, -0.25) is 4.79 Å². The normalized spacial score (nSPS) is 33.6. The molecule has 0 aromatic carbocycles. The number of nitrogens with one attached hydrogen (secondary N) is 1. The molecule has 4 heteroatoms. The summed E-state index contributed by atoms with van der Waals surface area (Å²) < 4.78 is 5.48. The van der Waals surface area contributed by atoms with Crippen LogP contribution in [0.4, 0.5) is 0 Å². The highest BCUT2D eigenvalue weighted by Crippen LogP contribution is 2.25. The summed E-state index contributed by atoms with van der Waals surface area (Å²) in [5.41, 5.74) is 5.92. The minimum Gasteiger partial charge on any atom is -0.376 e. The van der Waals surface area contributed by atoms with Crippen molar-refractivity contribution in [3.05, 3.63) is 0 Å². The second-order valence-electron chi connectivity index (χ2n) is 5.44. The van der Waals surface area contributed by atoms with Gasteiger partial charge >= 0.3 is 0 Å². The van der Waals surface area contributed by atoms with Gasteiger partial charge in [0, 0.05) is 25.6 Å². The van der Waals surface area contributed by atoms with Gasteiger partial charge in [-0.2, -0.15) is 0 Å². The smallest absolute Gasteiger partial charge is 0.220 e. The van der Waals surface area contributed by atoms with Gasteiger partial charge in [0.25, 0.3) is 0 Å². The maximum absolute atomic E-state index is 11.8. The topological polar surface area (TPSA) is 64.4 Å². The van der Waals surface area contributed by atoms with E-state index >= 15 is 0 Å². The lowest BCUT2D eigenvalue weighted by Gasteiger charge is -2.26. The first-order valence-electron chi connectivity index (χ1n) is 6.88. The Hall–Kier alpha value is -0.610. The Morgan fingerprint density at radius 1 is 1.29 bits per heavy atom. The van der Waals surface area contributed by atoms with E-state index in [9.17, 15) is 4.79 Å². The van der Waals surface area contributed by atoms with Crippen LogP contribution >= 0.6 is 0 Å². The fourth-order valence-corrected chi connectivity index (χ4v) is 2.89. The largest absolute Gasteiger partial charge is 0.376 e. The fourth-order valence-electron chi connectivity index (χ4n) is 2.89. The number of ether oxygens (including phenoxy) is 1. The second kappa shape index (κ2) is 6.36. The van der Waals surface area contributed by atoms with Crippen LogP contribution in [-0.4, -0.2) is 31.2 Å². The fraction of sp³-hybridized carbons (Fsp3) is 0.923. The minimum absolute atomic E-state index is 0.166. The van der Waals surface area contributed by atoms with Crippen molar-refractivity contribution in [3.63, 3.8) is 0 Å². The van der Waals surface area contributed by atoms with Crippen molar-refractivity contribution in [3.8, 4) is 0 Å². The number of carbonyl (C=O) groups is 1. The monoisotopic (exact) mass is 240 g/mol. The van der Waals surface area contributed by atoms with Gasteiger partial charge in [0.1, 0.15) is 0 Å². The van der Waals surface area contributed by atoms with Gasteiger partial charge in [-0.1, -0.05) is 6.42 Å². The zero-order valence-electron chi connectivity index (χ0n) is 10.5. The van der Waals surface area contributed by atoms with Crippen molar-refractivity contribution < 1.29 is 9.53 Å². The van der Waals surface area contributed by atoms with E-state index in [4.69, 9.17) is 10.5 Å². The summed E-state index contributed by atoms with van der Waals surface area (Å²) in [4.78, 5) is 11.8. The Balaban J connectivity index is 1.62. The molecule has 0 bridgehead atoms. The molecule has 2 aliphatic rings. The van der Waals surface area contributed by atoms with E-state index in [0.29, 0.717) is 24.9 Å². The van der Waals surface area contributed by atoms with Gasteiger partial charge in [0.05, 0.1) is 6.10 Å². The molecule has 0 aromatic heterocycles. The van der Waals surface area contributed by atoms with E-state index in [1.165, 1.54) is 6.42 Å². The Morgan fingerprint density at radius 2 is 2.18 bits per heavy atom. The molecule has 1 heterocycles. The predicted octanol–water partition coefficient (Wildman–Crippen LogP) is 1.19. The molecule has 1 saturated heterocycles. The molecule has 4 nitrogen and oxygen atoms in total. The van der Waals surface area contributed by atoms with Crippen LogP contribution in [0, 0.1) is 5.92 Å². The quantitative estimate of drug-likeness (QED) is 0.776. The second-order valence-corrected chi connectivity index (χ2v) is 5.44. The molecule has 3 atom stereocenters. The van der Waals surface area contributed by atoms with Crippen molar-refractivity contribution in [2.45, 2.75) is 57.1 Å². The zero-order valence-corrected chi connectivity index (χ0v) is 10.5. The predicted molar refractivity (Wildman–Crippen MR) is 66.5 cm³/mol. The summed E-state index contributed by atoms with van der Waals surface area (Å²) in [6.45, 7) is 1.52. The lowest BCUT2D eigenvalue weighted by molar-refractivity contribution is -0.122. The molecule has 1 aliphatic heterocycles. The van der Waals surface area contributed by atoms with E-state index in [1.807, 2.05) is 0 Å². The third kappa shape index (κ3) is 4.28. The molecule has 0 spiro atoms. The molecule has 2 rings (SSSR count). The summed E-state index contributed by atoms with van der Waals surface area (Å²) in [6.07, 6.45) is 7.54. The molecule has 3 N–H and O–H groups in total. The molecule has 0 radical (unpaired) electrons. The molecular formula is C13H24N2O2. The lowest BCUT2D eigenvalue weighted by Crippen LogP contribution is -2.35. The number of hydrogen-bond donors (Lipinski definition) is 2. The first-order chi connectivity index (χ1) is 8.24. The molecule has 1 saturated carbocycles. The van der Waals surface area contributed by atoms with Crippen LogP contribution in [-0.2, 0) is 9.53 Å². The number of amides is 1. The van der Waals surface area contributed by atoms with Crippen LogP contribution in [0.15, 0.2) is 0 Å². The summed E-state index contributed by atoms with van der Waals surface area (Å²) in [6, 6.07) is 0.305. The maximum atomic E-state index is 11.8. The van der Waals surface area contributed by atoms with E-state index in [0.717, 1.165) is 38.7 Å². The molecule has 1 aliphatic carbocycles. The highest BCUT2D eigenvalue weighted by Gasteiger charge is 2.22. The van der Waals surface area contributed by atoms with Crippen LogP contribution in [0.25, 0.3) is 0 Å². The van der Waals surface area contributed by atoms with Gasteiger partial charge in [-0.05, 0) is 38.0 Å². The van der Waals surface area contributed by atoms with E-state index in [1.54, 1.807) is 0 Å². The number of nitrogens with two attached hydrogens (primary N) is 1. The Bertz CT molecular complexity index is 252. The molecule has 98 valence electrons. The van der Waals surface area contributed by atoms with Crippen LogP contribution < -0.4 is 11.1 Å². The molecule has 2 fully saturated rings. The molecule has 0 aromatic rings. The van der Waals surface area contributed by atoms with Crippen molar-refractivity contribution in [2.75, 3.05) is 13.2 Å². The van der Waals surface area contributed by atoms with Gasteiger partial charge < -0.3 is 15.8 Å². The Kier molecular flexibility index (Phi) is 4.80. The standard InChI is InChI=1S/C13H24N2O2/c14-11-4-1-3-10(7-11)8-13(16)15-9-12-5-2-6-17-12/h10-12H,1-9,14H2,(H,15,16).